The van der Waals surface area contributed by atoms with Crippen molar-refractivity contribution in [3.8, 4) is 0 Å². The van der Waals surface area contributed by atoms with E-state index in [4.69, 9.17) is 25.4 Å². The van der Waals surface area contributed by atoms with E-state index in [9.17, 15) is 24.2 Å². The molecule has 0 aliphatic carbocycles. The van der Waals surface area contributed by atoms with Crippen molar-refractivity contribution >= 4 is 32.6 Å². The molecule has 0 aromatic carbocycles. The van der Waals surface area contributed by atoms with Gasteiger partial charge in [0, 0.05) is 6.61 Å². The Morgan fingerprint density at radius 2 is 1.83 bits per heavy atom. The molecule has 1 aliphatic rings. The van der Waals surface area contributed by atoms with Crippen LogP contribution in [0.25, 0.3) is 11.2 Å². The van der Waals surface area contributed by atoms with Gasteiger partial charge in [-0.25, -0.2) is 24.1 Å². The number of fused-ring (bicyclic) bond motifs is 1. The zero-order valence-corrected chi connectivity index (χ0v) is 17.2. The molecule has 8 N–H and O–H groups in total. The molecular formula is C12H21N5O11P2. The maximum Gasteiger partial charge on any atom is 0.481 e. The average molecular weight is 473 g/mol. The van der Waals surface area contributed by atoms with Crippen LogP contribution in [0.5, 0.6) is 0 Å². The minimum Gasteiger partial charge on any atom is -0.397 e. The van der Waals surface area contributed by atoms with Gasteiger partial charge in [-0.2, -0.15) is 4.31 Å². The third-order valence-corrected chi connectivity index (χ3v) is 5.76. The molecule has 1 unspecified atom stereocenters. The van der Waals surface area contributed by atoms with Gasteiger partial charge >= 0.3 is 15.6 Å². The van der Waals surface area contributed by atoms with E-state index in [-0.39, 0.29) is 23.6 Å². The van der Waals surface area contributed by atoms with E-state index >= 15 is 0 Å². The highest BCUT2D eigenvalue weighted by Gasteiger charge is 2.46. The molecule has 2 aromatic rings. The molecule has 30 heavy (non-hydrogen) atoms. The van der Waals surface area contributed by atoms with Crippen LogP contribution < -0.4 is 5.73 Å². The maximum atomic E-state index is 11.5. The number of rotatable bonds is 6. The second-order valence-corrected chi connectivity index (χ2v) is 8.61. The molecule has 0 saturated carbocycles. The molecule has 16 nitrogen and oxygen atoms in total. The number of aliphatic hydroxyl groups excluding tert-OH is 3. The van der Waals surface area contributed by atoms with Crippen molar-refractivity contribution in [3.63, 3.8) is 0 Å². The number of aliphatic hydroxyl groups is 3. The lowest BCUT2D eigenvalue weighted by Gasteiger charge is -2.17. The summed E-state index contributed by atoms with van der Waals surface area (Å²) in [4.78, 5) is 38.1. The van der Waals surface area contributed by atoms with Crippen LogP contribution in [0.1, 0.15) is 13.2 Å². The third-order valence-electron chi connectivity index (χ3n) is 3.61. The molecule has 0 amide bonds. The fraction of sp³-hybridized carbons (Fsp3) is 0.583. The number of aromatic nitrogens is 4. The molecule has 1 fully saturated rings. The standard InChI is InChI=1S/C10H15N5O10P2.C2H6O/c11-8-5-9(13-2-12-8)15(3-14-5)10-7(17)6(16)4(24-10)1-23-27(21,22)25-26(18,19)20;1-2-3/h2-4,6-7,10,16-17H,1H2,(H,21,22)(H2,11,12,13)(H2,18,19,20);3H,2H2,1H3/t4-,6-,7-,10-;/m1./s1. The minimum absolute atomic E-state index is 0.0856. The third kappa shape index (κ3) is 6.00. The molecular weight excluding hydrogens is 452 g/mol. The SMILES string of the molecule is CCO.Nc1ncnc2c1ncn2[C@@H]1O[C@H](COP(=O)(O)OP(=O)(O)O)[C@@H](O)[C@H]1O. The molecule has 3 rings (SSSR count). The first-order valence-corrected chi connectivity index (χ1v) is 11.2. The van der Waals surface area contributed by atoms with Crippen LogP contribution in [0, 0.1) is 0 Å². The van der Waals surface area contributed by atoms with Crippen molar-refractivity contribution < 1.29 is 52.7 Å². The summed E-state index contributed by atoms with van der Waals surface area (Å²) >= 11 is 0. The quantitative estimate of drug-likeness (QED) is 0.230. The van der Waals surface area contributed by atoms with E-state index in [2.05, 4.69) is 23.8 Å². The summed E-state index contributed by atoms with van der Waals surface area (Å²) in [6, 6.07) is 0. The summed E-state index contributed by atoms with van der Waals surface area (Å²) in [5.41, 5.74) is 6.11. The lowest BCUT2D eigenvalue weighted by molar-refractivity contribution is -0.0503. The van der Waals surface area contributed by atoms with Crippen molar-refractivity contribution in [1.29, 1.82) is 0 Å². The van der Waals surface area contributed by atoms with Gasteiger partial charge in [0.05, 0.1) is 12.9 Å². The van der Waals surface area contributed by atoms with Gasteiger partial charge in [0.2, 0.25) is 0 Å². The summed E-state index contributed by atoms with van der Waals surface area (Å²) in [6.07, 6.45) is -3.20. The van der Waals surface area contributed by atoms with Crippen molar-refractivity contribution in [2.75, 3.05) is 18.9 Å². The molecule has 0 radical (unpaired) electrons. The molecule has 18 heteroatoms. The zero-order chi connectivity index (χ0) is 22.7. The fourth-order valence-corrected chi connectivity index (χ4v) is 4.08. The fourth-order valence-electron chi connectivity index (χ4n) is 2.48. The largest absolute Gasteiger partial charge is 0.481 e. The van der Waals surface area contributed by atoms with Gasteiger partial charge in [-0.15, -0.1) is 0 Å². The van der Waals surface area contributed by atoms with Gasteiger partial charge < -0.3 is 40.5 Å². The predicted octanol–water partition coefficient (Wildman–Crippen LogP) is -1.75. The topological polar surface area (TPSA) is 253 Å². The van der Waals surface area contributed by atoms with E-state index in [0.717, 1.165) is 6.33 Å². The molecule has 2 aromatic heterocycles. The van der Waals surface area contributed by atoms with Gasteiger partial charge in [-0.1, -0.05) is 0 Å². The highest BCUT2D eigenvalue weighted by Crippen LogP contribution is 2.57. The second-order valence-electron chi connectivity index (χ2n) is 5.78. The van der Waals surface area contributed by atoms with Gasteiger partial charge in [0.25, 0.3) is 0 Å². The van der Waals surface area contributed by atoms with Crippen LogP contribution in [0.2, 0.25) is 0 Å². The number of phosphoric acid groups is 2. The Kier molecular flexibility index (Phi) is 8.01. The number of nitrogens with zero attached hydrogens (tertiary/aromatic N) is 4. The Bertz CT molecular complexity index is 952. The van der Waals surface area contributed by atoms with Crippen molar-refractivity contribution in [2.45, 2.75) is 31.5 Å². The molecule has 5 atom stereocenters. The summed E-state index contributed by atoms with van der Waals surface area (Å²) in [6.45, 7) is 1.12. The van der Waals surface area contributed by atoms with E-state index < -0.39 is 46.8 Å². The van der Waals surface area contributed by atoms with Gasteiger partial charge in [0.15, 0.2) is 17.7 Å². The number of hydrogen-bond donors (Lipinski definition) is 7. The Hall–Kier alpha value is -1.55. The number of anilines is 1. The monoisotopic (exact) mass is 473 g/mol. The Balaban J connectivity index is 0.00000101. The van der Waals surface area contributed by atoms with E-state index in [1.165, 1.54) is 10.9 Å². The molecule has 170 valence electrons. The van der Waals surface area contributed by atoms with Crippen LogP contribution >= 0.6 is 15.6 Å². The Morgan fingerprint density at radius 3 is 2.43 bits per heavy atom. The van der Waals surface area contributed by atoms with Gasteiger partial charge in [-0.3, -0.25) is 9.09 Å². The zero-order valence-electron chi connectivity index (χ0n) is 15.4. The maximum absolute atomic E-state index is 11.5. The van der Waals surface area contributed by atoms with E-state index in [1.54, 1.807) is 6.92 Å². The van der Waals surface area contributed by atoms with Crippen molar-refractivity contribution in [1.82, 2.24) is 19.5 Å². The normalized spacial score (nSPS) is 26.2. The van der Waals surface area contributed by atoms with Crippen molar-refractivity contribution in [2.24, 2.45) is 0 Å². The highest BCUT2D eigenvalue weighted by molar-refractivity contribution is 7.60. The van der Waals surface area contributed by atoms with Crippen LogP contribution in [-0.2, 0) is 22.7 Å². The minimum atomic E-state index is -5.29. The first-order valence-electron chi connectivity index (χ1n) is 8.20. The first-order chi connectivity index (χ1) is 13.9. The smallest absolute Gasteiger partial charge is 0.397 e. The van der Waals surface area contributed by atoms with Crippen LogP contribution in [0.3, 0.4) is 0 Å². The molecule has 1 aliphatic heterocycles. The number of nitrogens with two attached hydrogens (primary N) is 1. The summed E-state index contributed by atoms with van der Waals surface area (Å²) < 4.78 is 36.8. The van der Waals surface area contributed by atoms with E-state index in [0.29, 0.717) is 0 Å². The summed E-state index contributed by atoms with van der Waals surface area (Å²) in [5, 5.41) is 27.8. The lowest BCUT2D eigenvalue weighted by Crippen LogP contribution is -2.33. The number of hydrogen-bond acceptors (Lipinski definition) is 12. The number of phosphoric ester groups is 1. The van der Waals surface area contributed by atoms with Crippen LogP contribution in [0.15, 0.2) is 12.7 Å². The summed E-state index contributed by atoms with van der Waals surface area (Å²) in [7, 11) is -10.4. The Labute approximate surface area is 168 Å². The predicted molar refractivity (Wildman–Crippen MR) is 97.3 cm³/mol. The van der Waals surface area contributed by atoms with Crippen LogP contribution in [-0.4, -0.2) is 81.0 Å². The van der Waals surface area contributed by atoms with Gasteiger partial charge in [0.1, 0.15) is 30.2 Å². The summed E-state index contributed by atoms with van der Waals surface area (Å²) in [5.74, 6) is 0.0856. The number of imidazole rings is 1. The molecule has 0 spiro atoms. The van der Waals surface area contributed by atoms with E-state index in [1.807, 2.05) is 0 Å². The highest BCUT2D eigenvalue weighted by atomic mass is 31.3. The first kappa shape index (κ1) is 24.7. The number of nitrogen functional groups attached to an aromatic ring is 1. The number of ether oxygens (including phenoxy) is 1. The molecule has 0 bridgehead atoms. The molecule has 1 saturated heterocycles. The average Bonchev–Trinajstić information content (AvgIpc) is 3.15. The Morgan fingerprint density at radius 1 is 1.20 bits per heavy atom. The molecule has 3 heterocycles. The van der Waals surface area contributed by atoms with Crippen LogP contribution in [0.4, 0.5) is 5.82 Å². The lowest BCUT2D eigenvalue weighted by atomic mass is 10.1. The van der Waals surface area contributed by atoms with Crippen molar-refractivity contribution in [3.05, 3.63) is 12.7 Å². The van der Waals surface area contributed by atoms with Gasteiger partial charge in [-0.05, 0) is 6.92 Å². The second kappa shape index (κ2) is 9.72.